The van der Waals surface area contributed by atoms with Gasteiger partial charge in [-0.2, -0.15) is 0 Å². The molecule has 1 aromatic rings. The third-order valence-electron chi connectivity index (χ3n) is 2.84. The summed E-state index contributed by atoms with van der Waals surface area (Å²) in [5, 5.41) is 2.74. The summed E-state index contributed by atoms with van der Waals surface area (Å²) < 4.78 is 5.62. The molecule has 2 heterocycles. The summed E-state index contributed by atoms with van der Waals surface area (Å²) in [7, 11) is 0. The van der Waals surface area contributed by atoms with Gasteiger partial charge in [0.05, 0.1) is 17.2 Å². The number of nitrogens with zero attached hydrogens (tertiary/aromatic N) is 2. The maximum absolute atomic E-state index is 12.3. The van der Waals surface area contributed by atoms with E-state index < -0.39 is 0 Å². The smallest absolute Gasteiger partial charge is 0.273 e. The Hall–Kier alpha value is -0.690. The summed E-state index contributed by atoms with van der Waals surface area (Å²) in [5.41, 5.74) is 6.01. The van der Waals surface area contributed by atoms with Gasteiger partial charge in [-0.15, -0.1) is 23.7 Å². The molecule has 2 atom stereocenters. The maximum Gasteiger partial charge on any atom is 0.273 e. The number of aromatic nitrogens is 1. The van der Waals surface area contributed by atoms with Gasteiger partial charge in [-0.1, -0.05) is 0 Å². The first-order chi connectivity index (χ1) is 8.60. The minimum absolute atomic E-state index is 0. The molecular formula is C12H20ClN3O2S. The summed E-state index contributed by atoms with van der Waals surface area (Å²) in [6.45, 7) is 5.79. The van der Waals surface area contributed by atoms with Crippen LogP contribution in [0.15, 0.2) is 5.38 Å². The first kappa shape index (κ1) is 16.4. The van der Waals surface area contributed by atoms with E-state index in [1.54, 1.807) is 0 Å². The Morgan fingerprint density at radius 1 is 1.53 bits per heavy atom. The van der Waals surface area contributed by atoms with Gasteiger partial charge in [0.1, 0.15) is 5.69 Å². The molecule has 0 radical (unpaired) electrons. The van der Waals surface area contributed by atoms with Gasteiger partial charge < -0.3 is 15.4 Å². The van der Waals surface area contributed by atoms with Gasteiger partial charge in [0, 0.05) is 24.9 Å². The fourth-order valence-electron chi connectivity index (χ4n) is 2.15. The second-order valence-corrected chi connectivity index (χ2v) is 5.58. The Balaban J connectivity index is 0.00000180. The van der Waals surface area contributed by atoms with Crippen molar-refractivity contribution in [3.63, 3.8) is 0 Å². The number of amides is 1. The Morgan fingerprint density at radius 3 is 2.74 bits per heavy atom. The van der Waals surface area contributed by atoms with Crippen molar-refractivity contribution in [2.24, 2.45) is 5.73 Å². The third-order valence-corrected chi connectivity index (χ3v) is 3.74. The van der Waals surface area contributed by atoms with Gasteiger partial charge >= 0.3 is 0 Å². The monoisotopic (exact) mass is 305 g/mol. The number of hydrogen-bond acceptors (Lipinski definition) is 5. The number of thiazole rings is 1. The van der Waals surface area contributed by atoms with E-state index in [1.165, 1.54) is 11.3 Å². The highest BCUT2D eigenvalue weighted by atomic mass is 35.5. The molecule has 5 nitrogen and oxygen atoms in total. The molecule has 1 saturated heterocycles. The predicted molar refractivity (Wildman–Crippen MR) is 78.0 cm³/mol. The first-order valence-electron chi connectivity index (χ1n) is 6.19. The van der Waals surface area contributed by atoms with Gasteiger partial charge in [-0.3, -0.25) is 4.79 Å². The second-order valence-electron chi connectivity index (χ2n) is 4.63. The van der Waals surface area contributed by atoms with Gasteiger partial charge in [-0.25, -0.2) is 4.98 Å². The average molecular weight is 306 g/mol. The highest BCUT2D eigenvalue weighted by molar-refractivity contribution is 7.09. The number of halogens is 1. The lowest BCUT2D eigenvalue weighted by Crippen LogP contribution is -2.48. The predicted octanol–water partition coefficient (Wildman–Crippen LogP) is 1.32. The van der Waals surface area contributed by atoms with E-state index in [0.29, 0.717) is 25.3 Å². The van der Waals surface area contributed by atoms with Crippen molar-refractivity contribution in [1.82, 2.24) is 9.88 Å². The number of hydrogen-bond donors (Lipinski definition) is 1. The van der Waals surface area contributed by atoms with Crippen LogP contribution in [0.2, 0.25) is 0 Å². The number of ether oxygens (including phenoxy) is 1. The molecule has 1 amide bonds. The fourth-order valence-corrected chi connectivity index (χ4v) is 2.94. The Labute approximate surface area is 123 Å². The van der Waals surface area contributed by atoms with E-state index in [0.717, 1.165) is 11.4 Å². The minimum Gasteiger partial charge on any atom is -0.372 e. The molecule has 7 heteroatoms. The SMILES string of the molecule is CC1CN(C(=O)c2csc(CCN)n2)CC(C)O1.Cl. The van der Waals surface area contributed by atoms with E-state index in [-0.39, 0.29) is 30.5 Å². The molecular weight excluding hydrogens is 286 g/mol. The van der Waals surface area contributed by atoms with Crippen LogP contribution in [0.5, 0.6) is 0 Å². The molecule has 1 aliphatic rings. The average Bonchev–Trinajstić information content (AvgIpc) is 2.76. The molecule has 2 unspecified atom stereocenters. The van der Waals surface area contributed by atoms with Crippen LogP contribution in [-0.2, 0) is 11.2 Å². The van der Waals surface area contributed by atoms with Crippen LogP contribution in [0.25, 0.3) is 0 Å². The van der Waals surface area contributed by atoms with Crippen LogP contribution in [-0.4, -0.2) is 47.6 Å². The second kappa shape index (κ2) is 7.19. The molecule has 1 aromatic heterocycles. The molecule has 19 heavy (non-hydrogen) atoms. The summed E-state index contributed by atoms with van der Waals surface area (Å²) >= 11 is 1.50. The number of morpholine rings is 1. The summed E-state index contributed by atoms with van der Waals surface area (Å²) in [6, 6.07) is 0. The molecule has 108 valence electrons. The zero-order valence-electron chi connectivity index (χ0n) is 11.2. The van der Waals surface area contributed by atoms with Crippen LogP contribution in [0, 0.1) is 0 Å². The van der Waals surface area contributed by atoms with E-state index in [4.69, 9.17) is 10.5 Å². The molecule has 0 aromatic carbocycles. The normalized spacial score (nSPS) is 23.0. The van der Waals surface area contributed by atoms with Gasteiger partial charge in [0.2, 0.25) is 0 Å². The van der Waals surface area contributed by atoms with Gasteiger partial charge in [-0.05, 0) is 20.4 Å². The quantitative estimate of drug-likeness (QED) is 0.914. The van der Waals surface area contributed by atoms with Crippen LogP contribution >= 0.6 is 23.7 Å². The van der Waals surface area contributed by atoms with E-state index in [1.807, 2.05) is 24.1 Å². The summed E-state index contributed by atoms with van der Waals surface area (Å²) in [5.74, 6) is -0.00322. The topological polar surface area (TPSA) is 68.5 Å². The standard InChI is InChI=1S/C12H19N3O2S.ClH/c1-8-5-15(6-9(2)17-8)12(16)10-7-18-11(14-10)3-4-13;/h7-9H,3-6,13H2,1-2H3;1H. The van der Waals surface area contributed by atoms with Crippen LogP contribution < -0.4 is 5.73 Å². The highest BCUT2D eigenvalue weighted by Crippen LogP contribution is 2.16. The minimum atomic E-state index is -0.00322. The van der Waals surface area contributed by atoms with Crippen molar-refractivity contribution in [1.29, 1.82) is 0 Å². The maximum atomic E-state index is 12.3. The Morgan fingerprint density at radius 2 is 2.16 bits per heavy atom. The number of nitrogens with two attached hydrogens (primary N) is 1. The summed E-state index contributed by atoms with van der Waals surface area (Å²) in [6.07, 6.45) is 0.896. The molecule has 0 spiro atoms. The number of rotatable bonds is 3. The number of carbonyl (C=O) groups excluding carboxylic acids is 1. The lowest BCUT2D eigenvalue weighted by molar-refractivity contribution is -0.0587. The van der Waals surface area contributed by atoms with Crippen LogP contribution in [0.4, 0.5) is 0 Å². The lowest BCUT2D eigenvalue weighted by atomic mass is 10.2. The Bertz CT molecular complexity index is 417. The zero-order chi connectivity index (χ0) is 13.1. The highest BCUT2D eigenvalue weighted by Gasteiger charge is 2.27. The van der Waals surface area contributed by atoms with Crippen molar-refractivity contribution in [2.45, 2.75) is 32.5 Å². The van der Waals surface area contributed by atoms with Crippen LogP contribution in [0.1, 0.15) is 29.3 Å². The summed E-state index contributed by atoms with van der Waals surface area (Å²) in [4.78, 5) is 18.4. The van der Waals surface area contributed by atoms with Crippen molar-refractivity contribution in [2.75, 3.05) is 19.6 Å². The van der Waals surface area contributed by atoms with Crippen molar-refractivity contribution < 1.29 is 9.53 Å². The van der Waals surface area contributed by atoms with Crippen molar-refractivity contribution >= 4 is 29.7 Å². The molecule has 1 fully saturated rings. The Kier molecular flexibility index (Phi) is 6.19. The van der Waals surface area contributed by atoms with Crippen molar-refractivity contribution in [3.8, 4) is 0 Å². The molecule has 2 N–H and O–H groups in total. The third kappa shape index (κ3) is 4.14. The van der Waals surface area contributed by atoms with Gasteiger partial charge in [0.25, 0.3) is 5.91 Å². The first-order valence-corrected chi connectivity index (χ1v) is 7.07. The molecule has 1 aliphatic heterocycles. The zero-order valence-corrected chi connectivity index (χ0v) is 12.8. The van der Waals surface area contributed by atoms with E-state index >= 15 is 0 Å². The number of carbonyl (C=O) groups is 1. The van der Waals surface area contributed by atoms with Gasteiger partial charge in [0.15, 0.2) is 0 Å². The fraction of sp³-hybridized carbons (Fsp3) is 0.667. The molecule has 0 saturated carbocycles. The van der Waals surface area contributed by atoms with Crippen LogP contribution in [0.3, 0.4) is 0 Å². The van der Waals surface area contributed by atoms with E-state index in [2.05, 4.69) is 4.98 Å². The lowest BCUT2D eigenvalue weighted by Gasteiger charge is -2.34. The van der Waals surface area contributed by atoms with Crippen molar-refractivity contribution in [3.05, 3.63) is 16.1 Å². The molecule has 0 bridgehead atoms. The van der Waals surface area contributed by atoms with E-state index in [9.17, 15) is 4.79 Å². The molecule has 0 aliphatic carbocycles. The largest absolute Gasteiger partial charge is 0.372 e. The molecule has 2 rings (SSSR count).